The minimum Gasteiger partial charge on any atom is -0.475 e. The molecule has 0 bridgehead atoms. The van der Waals surface area contributed by atoms with Gasteiger partial charge in [0.15, 0.2) is 0 Å². The Morgan fingerprint density at radius 2 is 1.72 bits per heavy atom. The maximum atomic E-state index is 11.7. The van der Waals surface area contributed by atoms with E-state index in [1.54, 1.807) is 11.9 Å². The highest BCUT2D eigenvalue weighted by Gasteiger charge is 2.38. The fourth-order valence-corrected chi connectivity index (χ4v) is 1.63. The predicted molar refractivity (Wildman–Crippen MR) is 80.3 cm³/mol. The Kier molecular flexibility index (Phi) is 9.42. The lowest BCUT2D eigenvalue weighted by molar-refractivity contribution is -0.192. The molecule has 1 aliphatic rings. The summed E-state index contributed by atoms with van der Waals surface area (Å²) >= 11 is 0. The standard InChI is InChI=1S/C12H19N3O3.C2HF3O2/c1-13-7-9-14(2)10(16)4-3-8-15-11(17)5-6-12(15)18;3-2(4,5)1(6)7/h5-6,13H,3-4,7-9H2,1-2H3;(H,6,7). The third kappa shape index (κ3) is 8.84. The SMILES string of the molecule is CNCCN(C)C(=O)CCCN1C(=O)C=CC1=O.O=C(O)C(F)(F)F. The van der Waals surface area contributed by atoms with Crippen molar-refractivity contribution in [1.29, 1.82) is 0 Å². The van der Waals surface area contributed by atoms with Crippen molar-refractivity contribution in [2.45, 2.75) is 19.0 Å². The second-order valence-electron chi connectivity index (χ2n) is 4.99. The Morgan fingerprint density at radius 3 is 2.12 bits per heavy atom. The van der Waals surface area contributed by atoms with Crippen molar-refractivity contribution in [2.75, 3.05) is 33.7 Å². The molecule has 2 N–H and O–H groups in total. The Labute approximate surface area is 142 Å². The highest BCUT2D eigenvalue weighted by Crippen LogP contribution is 2.13. The molecule has 0 spiro atoms. The van der Waals surface area contributed by atoms with Crippen LogP contribution in [0.5, 0.6) is 0 Å². The van der Waals surface area contributed by atoms with Gasteiger partial charge in [0.1, 0.15) is 0 Å². The van der Waals surface area contributed by atoms with Gasteiger partial charge in [-0.1, -0.05) is 0 Å². The van der Waals surface area contributed by atoms with Crippen LogP contribution < -0.4 is 5.32 Å². The zero-order valence-corrected chi connectivity index (χ0v) is 13.8. The Balaban J connectivity index is 0.000000697. The molecule has 1 rings (SSSR count). The second-order valence-corrected chi connectivity index (χ2v) is 4.99. The van der Waals surface area contributed by atoms with Crippen molar-refractivity contribution in [3.63, 3.8) is 0 Å². The number of amides is 3. The summed E-state index contributed by atoms with van der Waals surface area (Å²) in [7, 11) is 3.57. The first kappa shape index (κ1) is 22.6. The number of nitrogens with one attached hydrogen (secondary N) is 1. The Morgan fingerprint density at radius 1 is 1.24 bits per heavy atom. The van der Waals surface area contributed by atoms with E-state index in [0.717, 1.165) is 11.4 Å². The molecule has 142 valence electrons. The fourth-order valence-electron chi connectivity index (χ4n) is 1.63. The van der Waals surface area contributed by atoms with Gasteiger partial charge in [0.05, 0.1) is 0 Å². The highest BCUT2D eigenvalue weighted by atomic mass is 19.4. The van der Waals surface area contributed by atoms with Crippen LogP contribution in [0.3, 0.4) is 0 Å². The van der Waals surface area contributed by atoms with Crippen LogP contribution in [0, 0.1) is 0 Å². The first-order chi connectivity index (χ1) is 11.5. The first-order valence-corrected chi connectivity index (χ1v) is 7.23. The average Bonchev–Trinajstić information content (AvgIpc) is 2.83. The van der Waals surface area contributed by atoms with Crippen LogP contribution in [0.15, 0.2) is 12.2 Å². The van der Waals surface area contributed by atoms with Crippen molar-refractivity contribution < 1.29 is 37.5 Å². The van der Waals surface area contributed by atoms with E-state index in [2.05, 4.69) is 5.32 Å². The summed E-state index contributed by atoms with van der Waals surface area (Å²) in [5.74, 6) is -3.32. The lowest BCUT2D eigenvalue weighted by Gasteiger charge is -2.18. The topological polar surface area (TPSA) is 107 Å². The number of alkyl halides is 3. The van der Waals surface area contributed by atoms with Gasteiger partial charge in [0, 0.05) is 45.3 Å². The number of aliphatic carboxylic acids is 1. The summed E-state index contributed by atoms with van der Waals surface area (Å²) in [5.41, 5.74) is 0. The second kappa shape index (κ2) is 10.4. The number of carboxylic acid groups (broad SMARTS) is 1. The molecule has 0 aromatic carbocycles. The van der Waals surface area contributed by atoms with Crippen molar-refractivity contribution in [2.24, 2.45) is 0 Å². The summed E-state index contributed by atoms with van der Waals surface area (Å²) in [5, 5.41) is 10.1. The molecule has 3 amide bonds. The number of likely N-dealkylation sites (N-methyl/N-ethyl adjacent to an activating group) is 2. The van der Waals surface area contributed by atoms with Crippen LogP contribution >= 0.6 is 0 Å². The summed E-state index contributed by atoms with van der Waals surface area (Å²) < 4.78 is 31.7. The van der Waals surface area contributed by atoms with Crippen LogP contribution in [0.25, 0.3) is 0 Å². The average molecular weight is 367 g/mol. The van der Waals surface area contributed by atoms with E-state index in [1.807, 2.05) is 7.05 Å². The number of hydrogen-bond acceptors (Lipinski definition) is 5. The van der Waals surface area contributed by atoms with E-state index in [1.165, 1.54) is 12.2 Å². The zero-order chi connectivity index (χ0) is 19.6. The molecular formula is C14H20F3N3O5. The minimum atomic E-state index is -5.08. The maximum absolute atomic E-state index is 11.7. The highest BCUT2D eigenvalue weighted by molar-refractivity contribution is 6.12. The quantitative estimate of drug-likeness (QED) is 0.614. The summed E-state index contributed by atoms with van der Waals surface area (Å²) in [4.78, 5) is 45.9. The molecule has 8 nitrogen and oxygen atoms in total. The molecule has 25 heavy (non-hydrogen) atoms. The van der Waals surface area contributed by atoms with E-state index < -0.39 is 12.1 Å². The molecular weight excluding hydrogens is 347 g/mol. The maximum Gasteiger partial charge on any atom is 0.490 e. The lowest BCUT2D eigenvalue weighted by atomic mass is 10.2. The van der Waals surface area contributed by atoms with Crippen molar-refractivity contribution in [3.05, 3.63) is 12.2 Å². The van der Waals surface area contributed by atoms with E-state index in [4.69, 9.17) is 9.90 Å². The van der Waals surface area contributed by atoms with E-state index in [9.17, 15) is 27.6 Å². The first-order valence-electron chi connectivity index (χ1n) is 7.23. The molecule has 11 heteroatoms. The van der Waals surface area contributed by atoms with E-state index in [-0.39, 0.29) is 17.7 Å². The fraction of sp³-hybridized carbons (Fsp3) is 0.571. The van der Waals surface area contributed by atoms with Gasteiger partial charge in [0.2, 0.25) is 5.91 Å². The Bertz CT molecular complexity index is 516. The van der Waals surface area contributed by atoms with Gasteiger partial charge >= 0.3 is 12.1 Å². The predicted octanol–water partition coefficient (Wildman–Crippen LogP) is 0.00270. The van der Waals surface area contributed by atoms with Crippen LogP contribution in [-0.4, -0.2) is 78.5 Å². The molecule has 0 fully saturated rings. The summed E-state index contributed by atoms with van der Waals surface area (Å²) in [6, 6.07) is 0. The van der Waals surface area contributed by atoms with Gasteiger partial charge in [-0.15, -0.1) is 0 Å². The number of carbonyl (C=O) groups is 4. The largest absolute Gasteiger partial charge is 0.490 e. The van der Waals surface area contributed by atoms with Gasteiger partial charge in [-0.2, -0.15) is 13.2 Å². The number of hydrogen-bond donors (Lipinski definition) is 2. The Hall–Kier alpha value is -2.43. The van der Waals surface area contributed by atoms with E-state index >= 15 is 0 Å². The van der Waals surface area contributed by atoms with Crippen molar-refractivity contribution in [3.8, 4) is 0 Å². The van der Waals surface area contributed by atoms with Gasteiger partial charge in [-0.3, -0.25) is 19.3 Å². The lowest BCUT2D eigenvalue weighted by Crippen LogP contribution is -2.34. The molecule has 0 radical (unpaired) electrons. The molecule has 0 unspecified atom stereocenters. The zero-order valence-electron chi connectivity index (χ0n) is 13.8. The van der Waals surface area contributed by atoms with Crippen LogP contribution in [0.2, 0.25) is 0 Å². The van der Waals surface area contributed by atoms with Crippen LogP contribution in [-0.2, 0) is 19.2 Å². The summed E-state index contributed by atoms with van der Waals surface area (Å²) in [6.07, 6.45) is -1.73. The normalized spacial score (nSPS) is 13.6. The number of nitrogens with zero attached hydrogens (tertiary/aromatic N) is 2. The minimum absolute atomic E-state index is 0.0253. The number of carbonyl (C=O) groups excluding carboxylic acids is 3. The van der Waals surface area contributed by atoms with Crippen LogP contribution in [0.1, 0.15) is 12.8 Å². The summed E-state index contributed by atoms with van der Waals surface area (Å²) in [6.45, 7) is 1.70. The molecule has 0 saturated heterocycles. The number of imide groups is 1. The third-order valence-corrected chi connectivity index (χ3v) is 3.04. The number of halogens is 3. The number of rotatable bonds is 7. The van der Waals surface area contributed by atoms with Crippen molar-refractivity contribution >= 4 is 23.7 Å². The molecule has 0 aromatic heterocycles. The number of carboxylic acids is 1. The van der Waals surface area contributed by atoms with Crippen LogP contribution in [0.4, 0.5) is 13.2 Å². The van der Waals surface area contributed by atoms with Gasteiger partial charge in [0.25, 0.3) is 11.8 Å². The molecule has 0 atom stereocenters. The van der Waals surface area contributed by atoms with Crippen molar-refractivity contribution in [1.82, 2.24) is 15.1 Å². The molecule has 1 heterocycles. The van der Waals surface area contributed by atoms with E-state index in [0.29, 0.717) is 25.9 Å². The molecule has 1 aliphatic heterocycles. The van der Waals surface area contributed by atoms with Gasteiger partial charge < -0.3 is 15.3 Å². The van der Waals surface area contributed by atoms with Gasteiger partial charge in [-0.05, 0) is 13.5 Å². The van der Waals surface area contributed by atoms with Gasteiger partial charge in [-0.25, -0.2) is 4.79 Å². The molecule has 0 saturated carbocycles. The molecule has 0 aliphatic carbocycles. The molecule has 0 aromatic rings. The smallest absolute Gasteiger partial charge is 0.475 e. The third-order valence-electron chi connectivity index (χ3n) is 3.04. The monoisotopic (exact) mass is 367 g/mol.